The van der Waals surface area contributed by atoms with Gasteiger partial charge < -0.3 is 9.64 Å². The maximum atomic E-state index is 6.66. The van der Waals surface area contributed by atoms with Crippen LogP contribution in [0.1, 0.15) is 19.8 Å². The fourth-order valence-electron chi connectivity index (χ4n) is 7.38. The van der Waals surface area contributed by atoms with Gasteiger partial charge >= 0.3 is 0 Å². The number of anilines is 2. The largest absolute Gasteiger partial charge is 0.451 e. The van der Waals surface area contributed by atoms with Crippen LogP contribution in [0.2, 0.25) is 0 Å². The number of aromatic nitrogens is 5. The van der Waals surface area contributed by atoms with Gasteiger partial charge in [0.1, 0.15) is 0 Å². The summed E-state index contributed by atoms with van der Waals surface area (Å²) in [6, 6.07) is 22.1. The summed E-state index contributed by atoms with van der Waals surface area (Å²) < 4.78 is 6.66. The van der Waals surface area contributed by atoms with E-state index in [9.17, 15) is 0 Å². The second kappa shape index (κ2) is 9.16. The molecular weight excluding hydrogens is 522 g/mol. The van der Waals surface area contributed by atoms with E-state index in [2.05, 4.69) is 97.8 Å². The number of pyridine rings is 1. The molecule has 2 fully saturated rings. The van der Waals surface area contributed by atoms with E-state index < -0.39 is 0 Å². The normalized spacial score (nSPS) is 21.2. The minimum absolute atomic E-state index is 0.721. The Bertz CT molecular complexity index is 1850. The molecule has 8 nitrogen and oxygen atoms in total. The highest BCUT2D eigenvalue weighted by Gasteiger charge is 2.42. The van der Waals surface area contributed by atoms with Crippen molar-refractivity contribution in [3.63, 3.8) is 0 Å². The number of piperidine rings is 1. The van der Waals surface area contributed by atoms with Gasteiger partial charge in [0.25, 0.3) is 0 Å². The number of nitrogens with zero attached hydrogens (tertiary/aromatic N) is 5. The monoisotopic (exact) mass is 553 g/mol. The molecule has 1 aliphatic carbocycles. The van der Waals surface area contributed by atoms with Crippen LogP contribution in [0.25, 0.3) is 44.1 Å². The van der Waals surface area contributed by atoms with Gasteiger partial charge in [-0.15, -0.1) is 0 Å². The Morgan fingerprint density at radius 3 is 2.17 bits per heavy atom. The third kappa shape index (κ3) is 3.82. The second-order valence-electron chi connectivity index (χ2n) is 12.2. The molecule has 6 aromatic rings. The van der Waals surface area contributed by atoms with Crippen molar-refractivity contribution in [2.45, 2.75) is 25.8 Å². The van der Waals surface area contributed by atoms with Gasteiger partial charge in [0.05, 0.1) is 29.1 Å². The maximum absolute atomic E-state index is 6.66. The van der Waals surface area contributed by atoms with Crippen LogP contribution >= 0.6 is 0 Å². The molecule has 1 saturated heterocycles. The maximum Gasteiger partial charge on any atom is 0.176 e. The van der Waals surface area contributed by atoms with Crippen molar-refractivity contribution in [3.8, 4) is 33.8 Å². The van der Waals surface area contributed by atoms with E-state index in [-0.39, 0.29) is 0 Å². The number of fused-ring (bicyclic) bond motifs is 6. The lowest BCUT2D eigenvalue weighted by molar-refractivity contribution is 0.186. The highest BCUT2D eigenvalue weighted by molar-refractivity contribution is 5.87. The molecule has 1 unspecified atom stereocenters. The zero-order valence-electron chi connectivity index (χ0n) is 23.4. The van der Waals surface area contributed by atoms with E-state index in [0.29, 0.717) is 0 Å². The average molecular weight is 554 g/mol. The molecular formula is C34H31N7O. The van der Waals surface area contributed by atoms with Crippen LogP contribution in [0.3, 0.4) is 0 Å². The van der Waals surface area contributed by atoms with E-state index in [1.807, 2.05) is 18.6 Å². The smallest absolute Gasteiger partial charge is 0.176 e. The number of ether oxygens (including phenoxy) is 1. The highest BCUT2D eigenvalue weighted by atomic mass is 16.5. The van der Waals surface area contributed by atoms with Gasteiger partial charge in [-0.05, 0) is 83.8 Å². The van der Waals surface area contributed by atoms with Crippen LogP contribution in [0, 0.1) is 11.8 Å². The Labute approximate surface area is 243 Å². The lowest BCUT2D eigenvalue weighted by Gasteiger charge is -2.35. The van der Waals surface area contributed by atoms with Crippen molar-refractivity contribution in [2.75, 3.05) is 24.5 Å². The zero-order chi connectivity index (χ0) is 27.8. The first kappa shape index (κ1) is 24.0. The number of hydrogen-bond acceptors (Lipinski definition) is 6. The molecule has 9 rings (SSSR count). The Hall–Kier alpha value is -4.69. The van der Waals surface area contributed by atoms with Crippen molar-refractivity contribution < 1.29 is 4.74 Å². The molecule has 2 N–H and O–H groups in total. The van der Waals surface area contributed by atoms with Crippen LogP contribution in [0.4, 0.5) is 11.5 Å². The minimum atomic E-state index is 0.721. The molecule has 3 aliphatic rings. The molecule has 0 amide bonds. The average Bonchev–Trinajstić information content (AvgIpc) is 3.82. The van der Waals surface area contributed by atoms with Gasteiger partial charge in [0, 0.05) is 48.2 Å². The number of aromatic amines is 2. The fourth-order valence-corrected chi connectivity index (χ4v) is 7.38. The van der Waals surface area contributed by atoms with Gasteiger partial charge in [-0.1, -0.05) is 25.1 Å². The molecule has 3 aromatic carbocycles. The standard InChI is InChI=1S/C34H31N7O/c1-20-10-28-13-27(20)19-40(28)8-9-41-31-7-4-23(21-2-5-29-25(11-21)17-36-38-29)14-32(31)42-33-15-24(16-35-34(33)41)22-3-6-30-26(12-22)18-37-39-30/h2-7,11-12,14-18,20,27-28H,8-10,13,19H2,1H3,(H,36,38)(H,37,39)/t20?,27-,28+/m0/s1. The summed E-state index contributed by atoms with van der Waals surface area (Å²) >= 11 is 0. The molecule has 8 heteroatoms. The van der Waals surface area contributed by atoms with E-state index in [0.717, 1.165) is 98.0 Å². The molecule has 1 saturated carbocycles. The van der Waals surface area contributed by atoms with Crippen molar-refractivity contribution in [1.82, 2.24) is 30.3 Å². The van der Waals surface area contributed by atoms with Crippen molar-refractivity contribution in [3.05, 3.63) is 79.3 Å². The quantitative estimate of drug-likeness (QED) is 0.236. The number of H-pyrrole nitrogens is 2. The molecule has 42 heavy (non-hydrogen) atoms. The first-order valence-corrected chi connectivity index (χ1v) is 14.9. The van der Waals surface area contributed by atoms with Crippen LogP contribution in [-0.4, -0.2) is 56.0 Å². The zero-order valence-corrected chi connectivity index (χ0v) is 23.4. The molecule has 3 aromatic heterocycles. The summed E-state index contributed by atoms with van der Waals surface area (Å²) in [5.41, 5.74) is 7.47. The third-order valence-corrected chi connectivity index (χ3v) is 9.73. The first-order chi connectivity index (χ1) is 20.7. The number of rotatable bonds is 5. The van der Waals surface area contributed by atoms with E-state index in [4.69, 9.17) is 9.72 Å². The number of hydrogen-bond donors (Lipinski definition) is 2. The van der Waals surface area contributed by atoms with Gasteiger partial charge in [-0.3, -0.25) is 15.1 Å². The predicted octanol–water partition coefficient (Wildman–Crippen LogP) is 7.14. The van der Waals surface area contributed by atoms with Crippen molar-refractivity contribution in [2.24, 2.45) is 11.8 Å². The Morgan fingerprint density at radius 1 is 0.762 bits per heavy atom. The second-order valence-corrected chi connectivity index (χ2v) is 12.2. The summed E-state index contributed by atoms with van der Waals surface area (Å²) in [7, 11) is 0. The van der Waals surface area contributed by atoms with E-state index in [1.165, 1.54) is 19.4 Å². The highest BCUT2D eigenvalue weighted by Crippen LogP contribution is 2.48. The van der Waals surface area contributed by atoms with E-state index in [1.54, 1.807) is 0 Å². The minimum Gasteiger partial charge on any atom is -0.451 e. The molecule has 0 radical (unpaired) electrons. The molecule has 2 aliphatic heterocycles. The molecule has 208 valence electrons. The SMILES string of the molecule is CC1C[C@@H]2C[C@H]1CN2CCN1c2ccc(-c3ccc4[nH]ncc4c3)cc2Oc2cc(-c3ccc4[nH]ncc4c3)cnc21. The van der Waals surface area contributed by atoms with Crippen molar-refractivity contribution in [1.29, 1.82) is 0 Å². The Morgan fingerprint density at radius 2 is 1.45 bits per heavy atom. The summed E-state index contributed by atoms with van der Waals surface area (Å²) in [6.45, 7) is 5.53. The lowest BCUT2D eigenvalue weighted by Crippen LogP contribution is -2.40. The lowest BCUT2D eigenvalue weighted by atomic mass is 9.97. The molecule has 3 atom stereocenters. The summed E-state index contributed by atoms with van der Waals surface area (Å²) in [4.78, 5) is 10.1. The summed E-state index contributed by atoms with van der Waals surface area (Å²) in [5, 5.41) is 16.6. The molecule has 5 heterocycles. The van der Waals surface area contributed by atoms with Crippen LogP contribution < -0.4 is 9.64 Å². The van der Waals surface area contributed by atoms with E-state index >= 15 is 0 Å². The van der Waals surface area contributed by atoms with Crippen LogP contribution in [0.15, 0.2) is 79.3 Å². The first-order valence-electron chi connectivity index (χ1n) is 14.9. The van der Waals surface area contributed by atoms with Gasteiger partial charge in [-0.2, -0.15) is 10.2 Å². The van der Waals surface area contributed by atoms with Crippen LogP contribution in [-0.2, 0) is 0 Å². The molecule has 0 spiro atoms. The van der Waals surface area contributed by atoms with Gasteiger partial charge in [-0.25, -0.2) is 4.98 Å². The fraction of sp³-hybridized carbons (Fsp3) is 0.265. The molecule has 2 bridgehead atoms. The Balaban J connectivity index is 1.09. The topological polar surface area (TPSA) is 86.0 Å². The van der Waals surface area contributed by atoms with Crippen molar-refractivity contribution >= 4 is 33.3 Å². The number of nitrogens with one attached hydrogen (secondary N) is 2. The van der Waals surface area contributed by atoms with Gasteiger partial charge in [0.2, 0.25) is 0 Å². The predicted molar refractivity (Wildman–Crippen MR) is 165 cm³/mol. The Kier molecular flexibility index (Phi) is 5.22. The summed E-state index contributed by atoms with van der Waals surface area (Å²) in [5.74, 6) is 4.22. The number of likely N-dealkylation sites (tertiary alicyclic amines) is 1. The van der Waals surface area contributed by atoms with Gasteiger partial charge in [0.15, 0.2) is 17.3 Å². The van der Waals surface area contributed by atoms with Crippen LogP contribution in [0.5, 0.6) is 11.5 Å². The summed E-state index contributed by atoms with van der Waals surface area (Å²) in [6.07, 6.45) is 8.37. The third-order valence-electron chi connectivity index (χ3n) is 9.73. The number of benzene rings is 3.